The molecule has 166 valence electrons. The van der Waals surface area contributed by atoms with E-state index in [-0.39, 0.29) is 36.3 Å². The molecule has 1 saturated carbocycles. The fourth-order valence-electron chi connectivity index (χ4n) is 4.87. The number of carbonyl (C=O) groups excluding carboxylic acids is 1. The van der Waals surface area contributed by atoms with Crippen molar-refractivity contribution in [2.45, 2.75) is 56.1 Å². The standard InChI is InChI=1S/C23H35N3O4/c1-25-13-15-26(16-14-25)19-9-11-23(12-10-20(19)27,18-5-3-2-4-6-18)17-24-21(28)7-8-22(29)30/h2-6,19-20,27H,7-17H2,1H3,(H,24,28)(H,29,30)/t19-,20-,23-/m0/s1. The molecule has 0 bridgehead atoms. The Bertz CT molecular complexity index is 706. The number of amides is 1. The maximum absolute atomic E-state index is 12.2. The van der Waals surface area contributed by atoms with E-state index in [1.165, 1.54) is 5.56 Å². The van der Waals surface area contributed by atoms with E-state index in [0.717, 1.165) is 45.4 Å². The van der Waals surface area contributed by atoms with Crippen molar-refractivity contribution in [1.82, 2.24) is 15.1 Å². The Morgan fingerprint density at radius 3 is 2.40 bits per heavy atom. The van der Waals surface area contributed by atoms with Crippen molar-refractivity contribution in [3.05, 3.63) is 35.9 Å². The highest BCUT2D eigenvalue weighted by atomic mass is 16.4. The Labute approximate surface area is 179 Å². The van der Waals surface area contributed by atoms with Crippen LogP contribution in [0.1, 0.15) is 44.1 Å². The van der Waals surface area contributed by atoms with Crippen LogP contribution in [0.3, 0.4) is 0 Å². The summed E-state index contributed by atoms with van der Waals surface area (Å²) < 4.78 is 0. The van der Waals surface area contributed by atoms with Crippen LogP contribution in [0.4, 0.5) is 0 Å². The molecule has 1 aliphatic carbocycles. The number of rotatable bonds is 7. The molecule has 3 atom stereocenters. The first-order valence-electron chi connectivity index (χ1n) is 11.0. The van der Waals surface area contributed by atoms with Crippen LogP contribution in [0.15, 0.2) is 30.3 Å². The van der Waals surface area contributed by atoms with Gasteiger partial charge in [0, 0.05) is 50.6 Å². The molecule has 1 saturated heterocycles. The van der Waals surface area contributed by atoms with Crippen LogP contribution in [-0.4, -0.2) is 83.8 Å². The number of hydrogen-bond acceptors (Lipinski definition) is 5. The second-order valence-electron chi connectivity index (χ2n) is 8.87. The number of carboxylic acid groups (broad SMARTS) is 1. The molecule has 7 heteroatoms. The second-order valence-corrected chi connectivity index (χ2v) is 8.87. The van der Waals surface area contributed by atoms with Gasteiger partial charge in [-0.25, -0.2) is 0 Å². The van der Waals surface area contributed by atoms with Gasteiger partial charge in [0.1, 0.15) is 0 Å². The zero-order valence-corrected chi connectivity index (χ0v) is 17.9. The second kappa shape index (κ2) is 10.4. The summed E-state index contributed by atoms with van der Waals surface area (Å²) in [7, 11) is 2.13. The third-order valence-electron chi connectivity index (χ3n) is 6.86. The Morgan fingerprint density at radius 1 is 1.07 bits per heavy atom. The Kier molecular flexibility index (Phi) is 7.86. The lowest BCUT2D eigenvalue weighted by molar-refractivity contribution is -0.138. The molecule has 1 aromatic carbocycles. The maximum Gasteiger partial charge on any atom is 0.303 e. The van der Waals surface area contributed by atoms with Crippen LogP contribution in [-0.2, 0) is 15.0 Å². The van der Waals surface area contributed by atoms with E-state index >= 15 is 0 Å². The minimum absolute atomic E-state index is 0.00719. The summed E-state index contributed by atoms with van der Waals surface area (Å²) in [5.74, 6) is -1.19. The van der Waals surface area contributed by atoms with Crippen molar-refractivity contribution < 1.29 is 19.8 Å². The summed E-state index contributed by atoms with van der Waals surface area (Å²) in [6, 6.07) is 10.4. The minimum atomic E-state index is -0.962. The van der Waals surface area contributed by atoms with E-state index in [1.807, 2.05) is 18.2 Å². The minimum Gasteiger partial charge on any atom is -0.481 e. The number of hydrogen-bond donors (Lipinski definition) is 3. The maximum atomic E-state index is 12.2. The first kappa shape index (κ1) is 22.7. The number of carbonyl (C=O) groups is 2. The SMILES string of the molecule is CN1CCN([C@H]2CC[C@](CNC(=O)CCC(=O)O)(c3ccccc3)CC[C@@H]2O)CC1. The third kappa shape index (κ3) is 5.80. The highest BCUT2D eigenvalue weighted by molar-refractivity contribution is 5.80. The number of nitrogens with one attached hydrogen (secondary N) is 1. The summed E-state index contributed by atoms with van der Waals surface area (Å²) in [4.78, 5) is 27.7. The zero-order valence-electron chi connectivity index (χ0n) is 17.9. The number of carboxylic acids is 1. The molecule has 0 aromatic heterocycles. The molecule has 0 unspecified atom stereocenters. The number of benzene rings is 1. The van der Waals surface area contributed by atoms with Gasteiger partial charge in [0.25, 0.3) is 0 Å². The van der Waals surface area contributed by atoms with Gasteiger partial charge in [-0.3, -0.25) is 14.5 Å². The van der Waals surface area contributed by atoms with Crippen molar-refractivity contribution in [2.24, 2.45) is 0 Å². The van der Waals surface area contributed by atoms with Crippen LogP contribution in [0.5, 0.6) is 0 Å². The highest BCUT2D eigenvalue weighted by Gasteiger charge is 2.40. The third-order valence-corrected chi connectivity index (χ3v) is 6.86. The van der Waals surface area contributed by atoms with Gasteiger partial charge in [-0.15, -0.1) is 0 Å². The van der Waals surface area contributed by atoms with E-state index in [1.54, 1.807) is 0 Å². The first-order valence-corrected chi connectivity index (χ1v) is 11.0. The number of aliphatic hydroxyl groups excluding tert-OH is 1. The number of aliphatic carboxylic acids is 1. The Morgan fingerprint density at radius 2 is 1.73 bits per heavy atom. The lowest BCUT2D eigenvalue weighted by atomic mass is 9.74. The molecule has 0 radical (unpaired) electrons. The van der Waals surface area contributed by atoms with Crippen molar-refractivity contribution in [3.8, 4) is 0 Å². The van der Waals surface area contributed by atoms with E-state index in [2.05, 4.69) is 34.3 Å². The van der Waals surface area contributed by atoms with Gasteiger partial charge in [-0.05, 0) is 38.3 Å². The molecule has 0 spiro atoms. The summed E-state index contributed by atoms with van der Waals surface area (Å²) in [5.41, 5.74) is 0.928. The van der Waals surface area contributed by atoms with Crippen molar-refractivity contribution in [2.75, 3.05) is 39.8 Å². The first-order chi connectivity index (χ1) is 14.4. The molecule has 2 aliphatic rings. The van der Waals surface area contributed by atoms with Gasteiger partial charge in [-0.2, -0.15) is 0 Å². The predicted molar refractivity (Wildman–Crippen MR) is 115 cm³/mol. The smallest absolute Gasteiger partial charge is 0.303 e. The van der Waals surface area contributed by atoms with Gasteiger partial charge < -0.3 is 20.4 Å². The predicted octanol–water partition coefficient (Wildman–Crippen LogP) is 1.46. The fraction of sp³-hybridized carbons (Fsp3) is 0.652. The number of nitrogens with zero attached hydrogens (tertiary/aromatic N) is 2. The van der Waals surface area contributed by atoms with Crippen molar-refractivity contribution in [3.63, 3.8) is 0 Å². The highest BCUT2D eigenvalue weighted by Crippen LogP contribution is 2.39. The normalized spacial score (nSPS) is 28.6. The molecule has 3 N–H and O–H groups in total. The summed E-state index contributed by atoms with van der Waals surface area (Å²) in [5, 5.41) is 22.8. The van der Waals surface area contributed by atoms with Crippen molar-refractivity contribution >= 4 is 11.9 Å². The largest absolute Gasteiger partial charge is 0.481 e. The van der Waals surface area contributed by atoms with E-state index in [4.69, 9.17) is 5.11 Å². The van der Waals surface area contributed by atoms with Gasteiger partial charge in [0.15, 0.2) is 0 Å². The quantitative estimate of drug-likeness (QED) is 0.582. The van der Waals surface area contributed by atoms with E-state index < -0.39 is 5.97 Å². The lowest BCUT2D eigenvalue weighted by Crippen LogP contribution is -2.52. The fourth-order valence-corrected chi connectivity index (χ4v) is 4.87. The number of aliphatic hydroxyl groups is 1. The summed E-state index contributed by atoms with van der Waals surface area (Å²) in [6.07, 6.45) is 2.70. The van der Waals surface area contributed by atoms with Crippen LogP contribution >= 0.6 is 0 Å². The molecular weight excluding hydrogens is 382 g/mol. The summed E-state index contributed by atoms with van der Waals surface area (Å²) >= 11 is 0. The zero-order chi connectivity index (χ0) is 21.6. The van der Waals surface area contributed by atoms with E-state index in [9.17, 15) is 14.7 Å². The van der Waals surface area contributed by atoms with Gasteiger partial charge in [0.2, 0.25) is 5.91 Å². The monoisotopic (exact) mass is 417 g/mol. The molecule has 1 aromatic rings. The molecule has 3 rings (SSSR count). The van der Waals surface area contributed by atoms with Gasteiger partial charge in [-0.1, -0.05) is 30.3 Å². The molecule has 7 nitrogen and oxygen atoms in total. The van der Waals surface area contributed by atoms with Crippen LogP contribution in [0.25, 0.3) is 0 Å². The van der Waals surface area contributed by atoms with Crippen molar-refractivity contribution in [1.29, 1.82) is 0 Å². The molecule has 1 amide bonds. The average Bonchev–Trinajstić information content (AvgIpc) is 2.92. The topological polar surface area (TPSA) is 93.1 Å². The Hall–Kier alpha value is -1.96. The molecule has 1 heterocycles. The summed E-state index contributed by atoms with van der Waals surface area (Å²) in [6.45, 7) is 4.46. The van der Waals surface area contributed by atoms with Crippen LogP contribution < -0.4 is 5.32 Å². The average molecular weight is 418 g/mol. The van der Waals surface area contributed by atoms with Gasteiger partial charge in [0.05, 0.1) is 12.5 Å². The number of piperazine rings is 1. The van der Waals surface area contributed by atoms with Crippen LogP contribution in [0, 0.1) is 0 Å². The molecule has 30 heavy (non-hydrogen) atoms. The number of likely N-dealkylation sites (N-methyl/N-ethyl adjacent to an activating group) is 1. The molecule has 2 fully saturated rings. The molecule has 1 aliphatic heterocycles. The lowest BCUT2D eigenvalue weighted by Gasteiger charge is -2.39. The van der Waals surface area contributed by atoms with Gasteiger partial charge >= 0.3 is 5.97 Å². The van der Waals surface area contributed by atoms with E-state index in [0.29, 0.717) is 13.0 Å². The van der Waals surface area contributed by atoms with Crippen LogP contribution in [0.2, 0.25) is 0 Å². The molecular formula is C23H35N3O4. The Balaban J connectivity index is 1.72.